The Bertz CT molecular complexity index is 983. The third-order valence-corrected chi connectivity index (χ3v) is 5.90. The number of fused-ring (bicyclic) bond motifs is 2. The molecule has 0 saturated heterocycles. The summed E-state index contributed by atoms with van der Waals surface area (Å²) in [6, 6.07) is 9.47. The van der Waals surface area contributed by atoms with Crippen molar-refractivity contribution in [2.24, 2.45) is 0 Å². The summed E-state index contributed by atoms with van der Waals surface area (Å²) in [5.41, 5.74) is 4.69. The third-order valence-electron chi connectivity index (χ3n) is 5.16. The highest BCUT2D eigenvalue weighted by Gasteiger charge is 2.36. The predicted octanol–water partition coefficient (Wildman–Crippen LogP) is 5.29. The van der Waals surface area contributed by atoms with Crippen molar-refractivity contribution in [3.05, 3.63) is 62.8 Å². The zero-order chi connectivity index (χ0) is 17.8. The second-order valence-corrected chi connectivity index (χ2v) is 7.51. The summed E-state index contributed by atoms with van der Waals surface area (Å²) < 4.78 is 11.1. The van der Waals surface area contributed by atoms with Crippen molar-refractivity contribution in [1.82, 2.24) is 0 Å². The molecule has 132 valence electrons. The topological polar surface area (TPSA) is 47.6 Å². The molecule has 1 aliphatic carbocycles. The van der Waals surface area contributed by atoms with Gasteiger partial charge in [0, 0.05) is 35.4 Å². The largest absolute Gasteiger partial charge is 0.454 e. The first-order valence-electron chi connectivity index (χ1n) is 8.53. The van der Waals surface area contributed by atoms with E-state index in [9.17, 15) is 4.79 Å². The molecule has 0 amide bonds. The number of ketones is 1. The Morgan fingerprint density at radius 2 is 1.81 bits per heavy atom. The van der Waals surface area contributed by atoms with Crippen molar-refractivity contribution in [3.8, 4) is 11.5 Å². The third kappa shape index (κ3) is 2.40. The van der Waals surface area contributed by atoms with Crippen LogP contribution in [0.5, 0.6) is 11.5 Å². The highest BCUT2D eigenvalue weighted by molar-refractivity contribution is 6.42. The number of anilines is 1. The van der Waals surface area contributed by atoms with E-state index in [1.165, 1.54) is 0 Å². The Morgan fingerprint density at radius 1 is 1.00 bits per heavy atom. The summed E-state index contributed by atoms with van der Waals surface area (Å²) in [6.07, 6.45) is 2.28. The highest BCUT2D eigenvalue weighted by atomic mass is 35.5. The summed E-state index contributed by atoms with van der Waals surface area (Å²) in [5, 5.41) is 4.43. The van der Waals surface area contributed by atoms with E-state index in [-0.39, 0.29) is 18.5 Å². The molecule has 26 heavy (non-hydrogen) atoms. The fourth-order valence-corrected chi connectivity index (χ4v) is 4.30. The Labute approximate surface area is 160 Å². The first-order chi connectivity index (χ1) is 12.6. The first kappa shape index (κ1) is 16.0. The molecule has 0 fully saturated rings. The van der Waals surface area contributed by atoms with Crippen LogP contribution in [0.4, 0.5) is 5.69 Å². The van der Waals surface area contributed by atoms with E-state index in [0.29, 0.717) is 22.2 Å². The summed E-state index contributed by atoms with van der Waals surface area (Å²) in [4.78, 5) is 12.8. The fraction of sp³-hybridized carbons (Fsp3) is 0.250. The predicted molar refractivity (Wildman–Crippen MR) is 100 cm³/mol. The molecule has 0 bridgehead atoms. The number of carbonyl (C=O) groups excluding carboxylic acids is 1. The molecular formula is C20H15Cl2NO3. The maximum Gasteiger partial charge on any atom is 0.231 e. The van der Waals surface area contributed by atoms with Gasteiger partial charge in [0.1, 0.15) is 0 Å². The molecule has 0 saturated carbocycles. The normalized spacial score (nSPS) is 20.5. The van der Waals surface area contributed by atoms with Crippen LogP contribution in [0.1, 0.15) is 36.3 Å². The summed E-state index contributed by atoms with van der Waals surface area (Å²) in [5.74, 6) is 1.40. The van der Waals surface area contributed by atoms with E-state index in [4.69, 9.17) is 32.7 Å². The van der Waals surface area contributed by atoms with Crippen LogP contribution < -0.4 is 14.8 Å². The van der Waals surface area contributed by atoms with Gasteiger partial charge >= 0.3 is 0 Å². The molecule has 4 nitrogen and oxygen atoms in total. The second kappa shape index (κ2) is 5.93. The molecule has 1 atom stereocenters. The minimum atomic E-state index is -0.196. The van der Waals surface area contributed by atoms with Gasteiger partial charge < -0.3 is 14.8 Å². The summed E-state index contributed by atoms with van der Waals surface area (Å²) >= 11 is 12.4. The van der Waals surface area contributed by atoms with E-state index in [2.05, 4.69) is 5.32 Å². The van der Waals surface area contributed by atoms with Crippen LogP contribution >= 0.6 is 23.2 Å². The number of halogens is 2. The molecule has 0 unspecified atom stereocenters. The van der Waals surface area contributed by atoms with Crippen molar-refractivity contribution in [3.63, 3.8) is 0 Å². The molecule has 2 aromatic rings. The molecule has 2 aromatic carbocycles. The monoisotopic (exact) mass is 387 g/mol. The molecule has 2 aliphatic heterocycles. The number of rotatable bonds is 1. The lowest BCUT2D eigenvalue weighted by atomic mass is 9.75. The first-order valence-corrected chi connectivity index (χ1v) is 9.29. The van der Waals surface area contributed by atoms with Crippen LogP contribution in [0.2, 0.25) is 10.0 Å². The SMILES string of the molecule is O=C1CCCC2=C1[C@H](c1ccc(Cl)c(Cl)c1)c1cc3c(cc1N2)OCO3. The van der Waals surface area contributed by atoms with Crippen molar-refractivity contribution in [2.45, 2.75) is 25.2 Å². The van der Waals surface area contributed by atoms with Crippen LogP contribution in [0, 0.1) is 0 Å². The highest BCUT2D eigenvalue weighted by Crippen LogP contribution is 2.49. The molecule has 5 rings (SSSR count). The van der Waals surface area contributed by atoms with Gasteiger partial charge in [0.2, 0.25) is 6.79 Å². The molecule has 6 heteroatoms. The van der Waals surface area contributed by atoms with Gasteiger partial charge in [-0.25, -0.2) is 0 Å². The molecule has 3 aliphatic rings. The quantitative estimate of drug-likeness (QED) is 0.722. The number of hydrogen-bond donors (Lipinski definition) is 1. The standard InChI is InChI=1S/C20H15Cl2NO3/c21-12-5-4-10(6-13(12)22)19-11-7-17-18(26-9-25-17)8-15(11)23-14-2-1-3-16(24)20(14)19/h4-8,19,23H,1-3,9H2/t19-/m1/s1. The smallest absolute Gasteiger partial charge is 0.231 e. The number of carbonyl (C=O) groups is 1. The Balaban J connectivity index is 1.74. The Kier molecular flexibility index (Phi) is 3.66. The van der Waals surface area contributed by atoms with Gasteiger partial charge in [-0.2, -0.15) is 0 Å². The van der Waals surface area contributed by atoms with Gasteiger partial charge in [-0.1, -0.05) is 29.3 Å². The summed E-state index contributed by atoms with van der Waals surface area (Å²) in [7, 11) is 0. The van der Waals surface area contributed by atoms with Crippen LogP contribution in [0.15, 0.2) is 41.6 Å². The molecule has 2 heterocycles. The van der Waals surface area contributed by atoms with Crippen molar-refractivity contribution in [2.75, 3.05) is 12.1 Å². The van der Waals surface area contributed by atoms with Crippen LogP contribution in [-0.4, -0.2) is 12.6 Å². The zero-order valence-electron chi connectivity index (χ0n) is 13.8. The van der Waals surface area contributed by atoms with Gasteiger partial charge in [-0.3, -0.25) is 4.79 Å². The molecule has 0 radical (unpaired) electrons. The average molecular weight is 388 g/mol. The molecule has 0 aromatic heterocycles. The lowest BCUT2D eigenvalue weighted by molar-refractivity contribution is -0.116. The Morgan fingerprint density at radius 3 is 2.62 bits per heavy atom. The van der Waals surface area contributed by atoms with Gasteiger partial charge in [0.25, 0.3) is 0 Å². The average Bonchev–Trinajstić information content (AvgIpc) is 3.08. The number of hydrogen-bond acceptors (Lipinski definition) is 4. The maximum absolute atomic E-state index is 12.8. The number of benzene rings is 2. The number of ether oxygens (including phenoxy) is 2. The van der Waals surface area contributed by atoms with E-state index in [1.807, 2.05) is 24.3 Å². The molecular weight excluding hydrogens is 373 g/mol. The lowest BCUT2D eigenvalue weighted by Gasteiger charge is -2.34. The molecule has 1 N–H and O–H groups in total. The van der Waals surface area contributed by atoms with Crippen LogP contribution in [0.25, 0.3) is 0 Å². The minimum Gasteiger partial charge on any atom is -0.454 e. The van der Waals surface area contributed by atoms with Crippen LogP contribution in [-0.2, 0) is 4.79 Å². The van der Waals surface area contributed by atoms with Crippen LogP contribution in [0.3, 0.4) is 0 Å². The van der Waals surface area contributed by atoms with Gasteiger partial charge in [0.05, 0.1) is 10.0 Å². The zero-order valence-corrected chi connectivity index (χ0v) is 15.3. The number of Topliss-reactive ketones (excluding diaryl/α,β-unsaturated/α-hetero) is 1. The Hall–Kier alpha value is -2.17. The molecule has 0 spiro atoms. The van der Waals surface area contributed by atoms with E-state index >= 15 is 0 Å². The van der Waals surface area contributed by atoms with E-state index in [0.717, 1.165) is 46.7 Å². The summed E-state index contributed by atoms with van der Waals surface area (Å²) in [6.45, 7) is 0.210. The lowest BCUT2D eigenvalue weighted by Crippen LogP contribution is -2.26. The van der Waals surface area contributed by atoms with E-state index < -0.39 is 0 Å². The van der Waals surface area contributed by atoms with Crippen molar-refractivity contribution in [1.29, 1.82) is 0 Å². The minimum absolute atomic E-state index is 0.179. The number of allylic oxidation sites excluding steroid dienone is 2. The van der Waals surface area contributed by atoms with Gasteiger partial charge in [-0.15, -0.1) is 0 Å². The fourth-order valence-electron chi connectivity index (χ4n) is 3.99. The van der Waals surface area contributed by atoms with Gasteiger partial charge in [0.15, 0.2) is 17.3 Å². The van der Waals surface area contributed by atoms with Crippen molar-refractivity contribution < 1.29 is 14.3 Å². The van der Waals surface area contributed by atoms with Crippen molar-refractivity contribution >= 4 is 34.7 Å². The second-order valence-electron chi connectivity index (χ2n) is 6.69. The maximum atomic E-state index is 12.8. The number of nitrogens with one attached hydrogen (secondary N) is 1. The van der Waals surface area contributed by atoms with Gasteiger partial charge in [-0.05, 0) is 42.2 Å². The van der Waals surface area contributed by atoms with E-state index in [1.54, 1.807) is 6.07 Å².